The van der Waals surface area contributed by atoms with Gasteiger partial charge in [-0.05, 0) is 38.1 Å². The first-order chi connectivity index (χ1) is 16.1. The number of rotatable bonds is 8. The lowest BCUT2D eigenvalue weighted by Crippen LogP contribution is -2.63. The molecule has 0 aliphatic carbocycles. The molecule has 3 aliphatic rings. The number of ether oxygens (including phenoxy) is 1. The first kappa shape index (κ1) is 24.6. The molecule has 11 heteroatoms. The van der Waals surface area contributed by atoms with Crippen LogP contribution in [0.15, 0.2) is 34.9 Å². The second-order valence-electron chi connectivity index (χ2n) is 9.22. The maximum absolute atomic E-state index is 13.2. The van der Waals surface area contributed by atoms with Gasteiger partial charge < -0.3 is 19.8 Å². The number of esters is 1. The van der Waals surface area contributed by atoms with E-state index in [0.717, 1.165) is 17.9 Å². The van der Waals surface area contributed by atoms with Crippen LogP contribution in [0.2, 0.25) is 0 Å². The molecule has 184 valence electrons. The highest BCUT2D eigenvalue weighted by Gasteiger charge is 2.60. The van der Waals surface area contributed by atoms with Crippen LogP contribution in [-0.2, 0) is 20.9 Å². The van der Waals surface area contributed by atoms with Crippen LogP contribution in [0.5, 0.6) is 0 Å². The number of likely N-dealkylation sites (tertiary alicyclic amines) is 1. The Balaban J connectivity index is 1.55. The van der Waals surface area contributed by atoms with E-state index in [9.17, 15) is 29.9 Å². The molecule has 0 bridgehead atoms. The summed E-state index contributed by atoms with van der Waals surface area (Å²) >= 11 is 1.55. The summed E-state index contributed by atoms with van der Waals surface area (Å²) in [5.41, 5.74) is 0.764. The first-order valence-corrected chi connectivity index (χ1v) is 12.2. The molecule has 2 N–H and O–H groups in total. The summed E-state index contributed by atoms with van der Waals surface area (Å²) in [6, 6.07) is 5.49. The Bertz CT molecular complexity index is 1010. The molecule has 34 heavy (non-hydrogen) atoms. The highest BCUT2D eigenvalue weighted by molar-refractivity contribution is 8.03. The summed E-state index contributed by atoms with van der Waals surface area (Å²) < 4.78 is 5.53. The Hall–Kier alpha value is -2.47. The lowest BCUT2D eigenvalue weighted by Gasteiger charge is -2.46. The molecule has 10 nitrogen and oxygen atoms in total. The zero-order valence-corrected chi connectivity index (χ0v) is 20.1. The van der Waals surface area contributed by atoms with Gasteiger partial charge in [0.25, 0.3) is 5.69 Å². The molecule has 2 saturated heterocycles. The van der Waals surface area contributed by atoms with Gasteiger partial charge >= 0.3 is 5.97 Å². The number of fused-ring (bicyclic) bond motifs is 1. The third-order valence-electron chi connectivity index (χ3n) is 6.97. The Morgan fingerprint density at radius 1 is 1.35 bits per heavy atom. The van der Waals surface area contributed by atoms with Crippen molar-refractivity contribution in [3.63, 3.8) is 0 Å². The molecule has 1 aromatic rings. The minimum Gasteiger partial charge on any atom is -0.456 e. The van der Waals surface area contributed by atoms with Gasteiger partial charge in [0.15, 0.2) is 0 Å². The zero-order valence-electron chi connectivity index (χ0n) is 19.3. The van der Waals surface area contributed by atoms with Crippen LogP contribution >= 0.6 is 11.8 Å². The number of thioether (sulfide) groups is 1. The van der Waals surface area contributed by atoms with Crippen molar-refractivity contribution >= 4 is 29.3 Å². The number of nitro groups is 1. The number of β-lactam (4-membered cyclic amide) rings is 1. The number of hydrogen-bond acceptors (Lipinski definition) is 9. The predicted octanol–water partition coefficient (Wildman–Crippen LogP) is 1.51. The van der Waals surface area contributed by atoms with Crippen LogP contribution in [0.1, 0.15) is 25.8 Å². The number of hydrogen-bond donors (Lipinski definition) is 2. The number of aliphatic hydroxyl groups excluding tert-OH is 2. The summed E-state index contributed by atoms with van der Waals surface area (Å²) in [5.74, 6) is -1.62. The Morgan fingerprint density at radius 2 is 2.03 bits per heavy atom. The number of amides is 1. The lowest BCUT2D eigenvalue weighted by atomic mass is 9.79. The molecule has 6 atom stereocenters. The first-order valence-electron chi connectivity index (χ1n) is 11.3. The van der Waals surface area contributed by atoms with Gasteiger partial charge in [0.05, 0.1) is 29.6 Å². The number of non-ortho nitro benzene ring substituents is 1. The number of carbonyl (C=O) groups is 2. The van der Waals surface area contributed by atoms with Crippen molar-refractivity contribution in [3.8, 4) is 0 Å². The molecular formula is C23H29N3O7S. The Labute approximate surface area is 201 Å². The van der Waals surface area contributed by atoms with Crippen LogP contribution in [0, 0.1) is 22.0 Å². The minimum absolute atomic E-state index is 0.0521. The second kappa shape index (κ2) is 9.65. The molecule has 0 spiro atoms. The quantitative estimate of drug-likeness (QED) is 0.240. The van der Waals surface area contributed by atoms with Crippen molar-refractivity contribution in [2.75, 3.05) is 20.2 Å². The molecule has 4 rings (SSSR count). The molecule has 1 unspecified atom stereocenters. The number of nitrogens with zero attached hydrogens (tertiary/aromatic N) is 3. The van der Waals surface area contributed by atoms with E-state index in [1.807, 2.05) is 14.0 Å². The summed E-state index contributed by atoms with van der Waals surface area (Å²) in [5, 5.41) is 30.7. The molecular weight excluding hydrogens is 462 g/mol. The summed E-state index contributed by atoms with van der Waals surface area (Å²) in [6.45, 7) is 4.26. The zero-order chi connectivity index (χ0) is 24.7. The van der Waals surface area contributed by atoms with Crippen molar-refractivity contribution in [2.45, 2.75) is 50.3 Å². The van der Waals surface area contributed by atoms with Crippen LogP contribution in [-0.4, -0.2) is 80.4 Å². The molecule has 0 aromatic heterocycles. The minimum atomic E-state index is -0.825. The fourth-order valence-electron chi connectivity index (χ4n) is 5.11. The van der Waals surface area contributed by atoms with Gasteiger partial charge in [0.2, 0.25) is 5.91 Å². The van der Waals surface area contributed by atoms with Crippen LogP contribution in [0.25, 0.3) is 0 Å². The Morgan fingerprint density at radius 3 is 2.59 bits per heavy atom. The topological polar surface area (TPSA) is 133 Å². The summed E-state index contributed by atoms with van der Waals surface area (Å²) in [7, 11) is 1.95. The normalized spacial score (nSPS) is 29.7. The number of nitro benzene ring substituents is 1. The largest absolute Gasteiger partial charge is 0.456 e. The summed E-state index contributed by atoms with van der Waals surface area (Å²) in [4.78, 5) is 40.7. The second-order valence-corrected chi connectivity index (χ2v) is 10.6. The SMILES string of the molecule is CC(O)[C@H]1C(=O)N2C(C(=O)OCc3ccc([N+](=O)[O-])cc3)=C(S[C@H]3C[C@@H](CO)N(C)C3)[C@H](C)[C@H]12. The van der Waals surface area contributed by atoms with Crippen molar-refractivity contribution in [3.05, 3.63) is 50.5 Å². The van der Waals surface area contributed by atoms with E-state index >= 15 is 0 Å². The summed E-state index contributed by atoms with van der Waals surface area (Å²) in [6.07, 6.45) is -0.0633. The predicted molar refractivity (Wildman–Crippen MR) is 124 cm³/mol. The van der Waals surface area contributed by atoms with Gasteiger partial charge in [-0.15, -0.1) is 11.8 Å². The average Bonchev–Trinajstić information content (AvgIpc) is 3.27. The third kappa shape index (κ3) is 4.33. The van der Waals surface area contributed by atoms with E-state index in [-0.39, 0.29) is 53.8 Å². The van der Waals surface area contributed by atoms with E-state index in [2.05, 4.69) is 4.90 Å². The maximum Gasteiger partial charge on any atom is 0.356 e. The van der Waals surface area contributed by atoms with Crippen molar-refractivity contribution < 1.29 is 29.5 Å². The number of aliphatic hydroxyl groups is 2. The van der Waals surface area contributed by atoms with Gasteiger partial charge in [-0.1, -0.05) is 6.92 Å². The van der Waals surface area contributed by atoms with Gasteiger partial charge in [-0.3, -0.25) is 19.8 Å². The molecule has 0 radical (unpaired) electrons. The van der Waals surface area contributed by atoms with E-state index < -0.39 is 22.9 Å². The molecule has 2 fully saturated rings. The highest BCUT2D eigenvalue weighted by Crippen LogP contribution is 2.52. The van der Waals surface area contributed by atoms with Crippen LogP contribution in [0.4, 0.5) is 5.69 Å². The van der Waals surface area contributed by atoms with Gasteiger partial charge in [0, 0.05) is 40.8 Å². The molecule has 3 aliphatic heterocycles. The highest BCUT2D eigenvalue weighted by atomic mass is 32.2. The van der Waals surface area contributed by atoms with Gasteiger partial charge in [-0.2, -0.15) is 0 Å². The van der Waals surface area contributed by atoms with E-state index in [0.29, 0.717) is 5.56 Å². The van der Waals surface area contributed by atoms with Gasteiger partial charge in [-0.25, -0.2) is 4.79 Å². The average molecular weight is 492 g/mol. The molecule has 3 heterocycles. The van der Waals surface area contributed by atoms with E-state index in [1.54, 1.807) is 18.7 Å². The molecule has 0 saturated carbocycles. The van der Waals surface area contributed by atoms with Gasteiger partial charge in [0.1, 0.15) is 12.3 Å². The molecule has 1 amide bonds. The number of benzene rings is 1. The van der Waals surface area contributed by atoms with Crippen molar-refractivity contribution in [2.24, 2.45) is 11.8 Å². The monoisotopic (exact) mass is 491 g/mol. The maximum atomic E-state index is 13.2. The van der Waals surface area contributed by atoms with Crippen molar-refractivity contribution in [1.29, 1.82) is 0 Å². The van der Waals surface area contributed by atoms with E-state index in [1.165, 1.54) is 29.2 Å². The fraction of sp³-hybridized carbons (Fsp3) is 0.565. The van der Waals surface area contributed by atoms with E-state index in [4.69, 9.17) is 4.74 Å². The standard InChI is InChI=1S/C23H29N3O7S/c1-12-19-18(13(2)28)22(29)25(19)20(21(12)34-17-8-16(10-27)24(3)9-17)23(30)33-11-14-4-6-15(7-5-14)26(31)32/h4-7,12-13,16-19,27-28H,8-11H2,1-3H3/t12-,13?,16+,17+,18-,19-/m1/s1. The number of likely N-dealkylation sites (N-methyl/N-ethyl adjacent to an activating group) is 1. The molecule has 1 aromatic carbocycles. The fourth-order valence-corrected chi connectivity index (χ4v) is 6.74. The van der Waals surface area contributed by atoms with Crippen molar-refractivity contribution in [1.82, 2.24) is 9.80 Å². The Kier molecular flexibility index (Phi) is 6.99. The number of carbonyl (C=O) groups excluding carboxylic acids is 2. The van der Waals surface area contributed by atoms with Crippen LogP contribution in [0.3, 0.4) is 0 Å². The van der Waals surface area contributed by atoms with Crippen LogP contribution < -0.4 is 0 Å². The lowest BCUT2D eigenvalue weighted by molar-refractivity contribution is -0.384. The smallest absolute Gasteiger partial charge is 0.356 e. The third-order valence-corrected chi connectivity index (χ3v) is 8.47.